The molecule has 1 aliphatic heterocycles. The van der Waals surface area contributed by atoms with Crippen molar-refractivity contribution in [2.75, 3.05) is 13.1 Å². The molecule has 1 aliphatic rings. The highest BCUT2D eigenvalue weighted by Gasteiger charge is 2.33. The van der Waals surface area contributed by atoms with Crippen molar-refractivity contribution in [3.63, 3.8) is 0 Å². The highest BCUT2D eigenvalue weighted by molar-refractivity contribution is 5.95. The van der Waals surface area contributed by atoms with Crippen LogP contribution in [0.5, 0.6) is 0 Å². The molecule has 0 radical (unpaired) electrons. The Morgan fingerprint density at radius 2 is 1.88 bits per heavy atom. The topological polar surface area (TPSA) is 95.1 Å². The average Bonchev–Trinajstić information content (AvgIpc) is 3.22. The number of carbonyl (C=O) groups excluding carboxylic acids is 2. The molecule has 0 spiro atoms. The molecule has 122 valence electrons. The van der Waals surface area contributed by atoms with Gasteiger partial charge < -0.3 is 0 Å². The molecule has 1 aromatic heterocycles. The molecule has 1 aromatic carbocycles. The molecule has 24 heavy (non-hydrogen) atoms. The maximum Gasteiger partial charge on any atom is 0.294 e. The third-order valence-corrected chi connectivity index (χ3v) is 3.76. The van der Waals surface area contributed by atoms with Crippen molar-refractivity contribution >= 4 is 11.8 Å². The summed E-state index contributed by atoms with van der Waals surface area (Å²) in [4.78, 5) is 26.1. The number of nitriles is 1. The highest BCUT2D eigenvalue weighted by Crippen LogP contribution is 2.17. The number of hydrogen-bond acceptors (Lipinski definition) is 5. The molecule has 0 N–H and O–H groups in total. The smallest absolute Gasteiger partial charge is 0.272 e. The Morgan fingerprint density at radius 1 is 1.17 bits per heavy atom. The average molecular weight is 324 g/mol. The zero-order chi connectivity index (χ0) is 17.1. The third-order valence-electron chi connectivity index (χ3n) is 3.76. The first-order valence-corrected chi connectivity index (χ1v) is 7.60. The van der Waals surface area contributed by atoms with Crippen LogP contribution >= 0.6 is 0 Å². The van der Waals surface area contributed by atoms with Crippen LogP contribution in [0.15, 0.2) is 30.3 Å². The summed E-state index contributed by atoms with van der Waals surface area (Å²) >= 11 is 0. The van der Waals surface area contributed by atoms with Crippen molar-refractivity contribution in [1.82, 2.24) is 25.0 Å². The second-order valence-corrected chi connectivity index (χ2v) is 5.39. The number of amides is 2. The fourth-order valence-corrected chi connectivity index (χ4v) is 2.62. The van der Waals surface area contributed by atoms with Crippen LogP contribution in [0.1, 0.15) is 29.0 Å². The van der Waals surface area contributed by atoms with Crippen LogP contribution in [0.4, 0.5) is 0 Å². The van der Waals surface area contributed by atoms with Crippen LogP contribution in [0, 0.1) is 18.3 Å². The molecule has 0 saturated carbocycles. The number of aryl methyl sites for hydroxylation is 1. The number of nitrogens with zero attached hydrogens (tertiary/aromatic N) is 6. The highest BCUT2D eigenvalue weighted by atomic mass is 16.2. The number of rotatable bonds is 3. The van der Waals surface area contributed by atoms with Gasteiger partial charge in [0.1, 0.15) is 6.42 Å². The lowest BCUT2D eigenvalue weighted by molar-refractivity contribution is -0.139. The monoisotopic (exact) mass is 324 g/mol. The van der Waals surface area contributed by atoms with Crippen molar-refractivity contribution in [3.8, 4) is 11.8 Å². The maximum atomic E-state index is 12.8. The molecule has 8 heteroatoms. The first-order chi connectivity index (χ1) is 11.6. The molecule has 2 heterocycles. The van der Waals surface area contributed by atoms with Crippen molar-refractivity contribution in [3.05, 3.63) is 41.7 Å². The standard InChI is InChI=1S/C16H16N6O2/c1-12-15(19-22(18-12)13-6-3-2-4-7-13)16(24)21-11-5-10-20(21)14(23)8-9-17/h2-4,6-7H,5,8,10-11H2,1H3. The predicted molar refractivity (Wildman–Crippen MR) is 83.7 cm³/mol. The van der Waals surface area contributed by atoms with Gasteiger partial charge in [0, 0.05) is 13.1 Å². The Morgan fingerprint density at radius 3 is 2.58 bits per heavy atom. The molecule has 1 saturated heterocycles. The van der Waals surface area contributed by atoms with E-state index >= 15 is 0 Å². The SMILES string of the molecule is Cc1nn(-c2ccccc2)nc1C(=O)N1CCCN1C(=O)CC#N. The van der Waals surface area contributed by atoms with Crippen LogP contribution in [0.2, 0.25) is 0 Å². The van der Waals surface area contributed by atoms with Gasteiger partial charge in [-0.25, -0.2) is 5.01 Å². The van der Waals surface area contributed by atoms with Gasteiger partial charge in [0.15, 0.2) is 5.69 Å². The van der Waals surface area contributed by atoms with Gasteiger partial charge in [-0.1, -0.05) is 18.2 Å². The lowest BCUT2D eigenvalue weighted by Crippen LogP contribution is -2.45. The molecular weight excluding hydrogens is 308 g/mol. The lowest BCUT2D eigenvalue weighted by atomic mass is 10.3. The van der Waals surface area contributed by atoms with Gasteiger partial charge in [-0.2, -0.15) is 15.2 Å². The number of carbonyl (C=O) groups is 2. The van der Waals surface area contributed by atoms with Crippen LogP contribution in [-0.4, -0.2) is 49.9 Å². The Bertz CT molecular complexity index is 808. The minimum absolute atomic E-state index is 0.204. The summed E-state index contributed by atoms with van der Waals surface area (Å²) in [5.74, 6) is -0.755. The molecule has 3 rings (SSSR count). The first kappa shape index (κ1) is 15.7. The zero-order valence-electron chi connectivity index (χ0n) is 13.2. The molecule has 0 aliphatic carbocycles. The summed E-state index contributed by atoms with van der Waals surface area (Å²) in [6.07, 6.45) is 0.425. The van der Waals surface area contributed by atoms with E-state index in [0.29, 0.717) is 25.2 Å². The molecule has 0 unspecified atom stereocenters. The van der Waals surface area contributed by atoms with E-state index in [0.717, 1.165) is 5.69 Å². The van der Waals surface area contributed by atoms with E-state index in [4.69, 9.17) is 5.26 Å². The molecule has 1 fully saturated rings. The summed E-state index contributed by atoms with van der Waals surface area (Å²) < 4.78 is 0. The number of hydrazine groups is 1. The second-order valence-electron chi connectivity index (χ2n) is 5.39. The van der Waals surface area contributed by atoms with E-state index in [1.165, 1.54) is 14.8 Å². The number of para-hydroxylation sites is 1. The van der Waals surface area contributed by atoms with Gasteiger partial charge in [-0.05, 0) is 25.5 Å². The van der Waals surface area contributed by atoms with E-state index < -0.39 is 0 Å². The van der Waals surface area contributed by atoms with Crippen LogP contribution < -0.4 is 0 Å². The third kappa shape index (κ3) is 2.84. The van der Waals surface area contributed by atoms with Crippen molar-refractivity contribution in [2.45, 2.75) is 19.8 Å². The van der Waals surface area contributed by atoms with Gasteiger partial charge in [-0.3, -0.25) is 14.6 Å². The van der Waals surface area contributed by atoms with Crippen molar-refractivity contribution in [2.24, 2.45) is 0 Å². The lowest BCUT2D eigenvalue weighted by Gasteiger charge is -2.26. The maximum absolute atomic E-state index is 12.8. The number of hydrogen-bond donors (Lipinski definition) is 0. The fraction of sp³-hybridized carbons (Fsp3) is 0.312. The van der Waals surface area contributed by atoms with Crippen LogP contribution in [0.3, 0.4) is 0 Å². The van der Waals surface area contributed by atoms with Gasteiger partial charge in [-0.15, -0.1) is 5.10 Å². The van der Waals surface area contributed by atoms with Crippen LogP contribution in [0.25, 0.3) is 5.69 Å². The molecule has 0 bridgehead atoms. The Kier molecular flexibility index (Phi) is 4.24. The van der Waals surface area contributed by atoms with E-state index in [2.05, 4.69) is 10.2 Å². The van der Waals surface area contributed by atoms with E-state index in [-0.39, 0.29) is 23.9 Å². The van der Waals surface area contributed by atoms with E-state index in [1.54, 1.807) is 6.92 Å². The molecule has 2 amide bonds. The Labute approximate surface area is 138 Å². The Hall–Kier alpha value is -3.21. The van der Waals surface area contributed by atoms with Crippen LogP contribution in [-0.2, 0) is 4.79 Å². The summed E-state index contributed by atoms with van der Waals surface area (Å²) in [6.45, 7) is 2.56. The zero-order valence-corrected chi connectivity index (χ0v) is 13.2. The minimum atomic E-state index is -0.378. The number of aromatic nitrogens is 3. The van der Waals surface area contributed by atoms with E-state index in [1.807, 2.05) is 36.4 Å². The van der Waals surface area contributed by atoms with Gasteiger partial charge in [0.25, 0.3) is 11.8 Å². The van der Waals surface area contributed by atoms with Gasteiger partial charge >= 0.3 is 0 Å². The van der Waals surface area contributed by atoms with Gasteiger partial charge in [0.05, 0.1) is 17.5 Å². The molecule has 0 atom stereocenters. The normalized spacial score (nSPS) is 13.8. The summed E-state index contributed by atoms with van der Waals surface area (Å²) in [5, 5.41) is 19.9. The summed E-state index contributed by atoms with van der Waals surface area (Å²) in [6, 6.07) is 11.1. The fourth-order valence-electron chi connectivity index (χ4n) is 2.62. The summed E-state index contributed by atoms with van der Waals surface area (Å²) in [5.41, 5.74) is 1.44. The second kappa shape index (κ2) is 6.50. The largest absolute Gasteiger partial charge is 0.294 e. The summed E-state index contributed by atoms with van der Waals surface area (Å²) in [7, 11) is 0. The predicted octanol–water partition coefficient (Wildman–Crippen LogP) is 1.08. The van der Waals surface area contributed by atoms with E-state index in [9.17, 15) is 9.59 Å². The van der Waals surface area contributed by atoms with Crippen molar-refractivity contribution in [1.29, 1.82) is 5.26 Å². The van der Waals surface area contributed by atoms with Crippen molar-refractivity contribution < 1.29 is 9.59 Å². The molecule has 8 nitrogen and oxygen atoms in total. The molecular formula is C16H16N6O2. The first-order valence-electron chi connectivity index (χ1n) is 7.60. The number of benzene rings is 1. The molecule has 2 aromatic rings. The van der Waals surface area contributed by atoms with Gasteiger partial charge in [0.2, 0.25) is 0 Å². The minimum Gasteiger partial charge on any atom is -0.272 e. The Balaban J connectivity index is 1.86. The quantitative estimate of drug-likeness (QED) is 0.842.